The van der Waals surface area contributed by atoms with Crippen LogP contribution in [0.2, 0.25) is 0 Å². The number of nitrogens with zero attached hydrogens (tertiary/aromatic N) is 2. The number of hydrogen-bond acceptors (Lipinski definition) is 5. The zero-order chi connectivity index (χ0) is 19.7. The molecular weight excluding hydrogens is 368 g/mol. The summed E-state index contributed by atoms with van der Waals surface area (Å²) < 4.78 is 5.62. The fourth-order valence-electron chi connectivity index (χ4n) is 3.57. The third-order valence-corrected chi connectivity index (χ3v) is 6.50. The van der Waals surface area contributed by atoms with E-state index in [2.05, 4.69) is 61.0 Å². The van der Waals surface area contributed by atoms with Crippen LogP contribution in [0.15, 0.2) is 68.7 Å². The summed E-state index contributed by atoms with van der Waals surface area (Å²) in [7, 11) is 2.07. The minimum atomic E-state index is -0.302. The van der Waals surface area contributed by atoms with Crippen molar-refractivity contribution in [3.05, 3.63) is 70.6 Å². The van der Waals surface area contributed by atoms with Crippen LogP contribution in [0.3, 0.4) is 0 Å². The molecule has 1 aliphatic heterocycles. The van der Waals surface area contributed by atoms with Gasteiger partial charge in [-0.2, -0.15) is 0 Å². The first-order valence-electron chi connectivity index (χ1n) is 9.60. The van der Waals surface area contributed by atoms with E-state index in [-0.39, 0.29) is 11.0 Å². The van der Waals surface area contributed by atoms with E-state index >= 15 is 0 Å². The Morgan fingerprint density at radius 2 is 1.93 bits per heavy atom. The van der Waals surface area contributed by atoms with Gasteiger partial charge in [0.05, 0.1) is 16.6 Å². The van der Waals surface area contributed by atoms with Crippen LogP contribution < -0.4 is 15.4 Å². The van der Waals surface area contributed by atoms with Gasteiger partial charge >= 0.3 is 5.63 Å². The van der Waals surface area contributed by atoms with Crippen LogP contribution in [0.5, 0.6) is 0 Å². The first-order valence-corrected chi connectivity index (χ1v) is 10.5. The van der Waals surface area contributed by atoms with Crippen LogP contribution in [-0.4, -0.2) is 25.5 Å². The van der Waals surface area contributed by atoms with Crippen molar-refractivity contribution >= 4 is 40.2 Å². The summed E-state index contributed by atoms with van der Waals surface area (Å²) in [6.07, 6.45) is 3.94. The monoisotopic (exact) mass is 392 g/mol. The zero-order valence-corrected chi connectivity index (χ0v) is 17.2. The van der Waals surface area contributed by atoms with Gasteiger partial charge in [-0.3, -0.25) is 0 Å². The molecule has 0 fully saturated rings. The molecule has 0 saturated carbocycles. The van der Waals surface area contributed by atoms with Crippen LogP contribution in [0, 0.1) is 0 Å². The fourth-order valence-corrected chi connectivity index (χ4v) is 4.75. The van der Waals surface area contributed by atoms with Crippen LogP contribution in [0.25, 0.3) is 17.0 Å². The van der Waals surface area contributed by atoms with E-state index < -0.39 is 0 Å². The Bertz CT molecular complexity index is 1090. The highest BCUT2D eigenvalue weighted by molar-refractivity contribution is 8.00. The normalized spacial score (nSPS) is 16.1. The predicted molar refractivity (Wildman–Crippen MR) is 120 cm³/mol. The first kappa shape index (κ1) is 18.7. The molecule has 2 aromatic carbocycles. The number of fused-ring (bicyclic) bond motifs is 2. The lowest BCUT2D eigenvalue weighted by Crippen LogP contribution is -2.22. The number of likely N-dealkylation sites (N-methyl/N-ethyl adjacent to an activating group) is 1. The van der Waals surface area contributed by atoms with E-state index in [1.54, 1.807) is 11.8 Å². The molecule has 0 bridgehead atoms. The van der Waals surface area contributed by atoms with Crippen molar-refractivity contribution in [3.63, 3.8) is 0 Å². The van der Waals surface area contributed by atoms with E-state index in [1.165, 1.54) is 10.6 Å². The maximum atomic E-state index is 12.5. The molecule has 0 radical (unpaired) electrons. The van der Waals surface area contributed by atoms with E-state index in [0.717, 1.165) is 24.2 Å². The van der Waals surface area contributed by atoms with Gasteiger partial charge in [-0.25, -0.2) is 4.79 Å². The van der Waals surface area contributed by atoms with Crippen LogP contribution in [0.4, 0.5) is 11.4 Å². The molecule has 2 heterocycles. The summed E-state index contributed by atoms with van der Waals surface area (Å²) in [5.74, 6) is 0. The highest BCUT2D eigenvalue weighted by Gasteiger charge is 2.24. The Labute approximate surface area is 169 Å². The summed E-state index contributed by atoms with van der Waals surface area (Å²) in [5.41, 5.74) is 3.20. The Morgan fingerprint density at radius 1 is 1.14 bits per heavy atom. The Balaban J connectivity index is 1.61. The SMILES string of the molecule is CCN(CC)c1ccc2cc(C=CC3Sc4ccccc4N3C)c(=O)oc2c1. The highest BCUT2D eigenvalue weighted by atomic mass is 32.2. The number of anilines is 2. The Kier molecular flexibility index (Phi) is 5.18. The summed E-state index contributed by atoms with van der Waals surface area (Å²) >= 11 is 1.78. The zero-order valence-electron chi connectivity index (χ0n) is 16.4. The minimum absolute atomic E-state index is 0.164. The van der Waals surface area contributed by atoms with Crippen molar-refractivity contribution in [2.45, 2.75) is 24.1 Å². The first-order chi connectivity index (χ1) is 13.6. The summed E-state index contributed by atoms with van der Waals surface area (Å²) in [5, 5.41) is 1.10. The highest BCUT2D eigenvalue weighted by Crippen LogP contribution is 2.42. The molecule has 1 aromatic heterocycles. The topological polar surface area (TPSA) is 36.7 Å². The predicted octanol–water partition coefficient (Wildman–Crippen LogP) is 5.22. The second-order valence-electron chi connectivity index (χ2n) is 6.83. The van der Waals surface area contributed by atoms with Gasteiger partial charge in [0.2, 0.25) is 0 Å². The second kappa shape index (κ2) is 7.76. The summed E-state index contributed by atoms with van der Waals surface area (Å²) in [4.78, 5) is 18.2. The Morgan fingerprint density at radius 3 is 2.68 bits per heavy atom. The number of benzene rings is 2. The van der Waals surface area contributed by atoms with Gasteiger partial charge in [0.1, 0.15) is 5.58 Å². The molecule has 1 atom stereocenters. The lowest BCUT2D eigenvalue weighted by atomic mass is 10.1. The molecular formula is C23H24N2O2S. The average molecular weight is 393 g/mol. The molecule has 3 aromatic rings. The second-order valence-corrected chi connectivity index (χ2v) is 7.99. The quantitative estimate of drug-likeness (QED) is 0.556. The van der Waals surface area contributed by atoms with E-state index in [9.17, 15) is 4.79 Å². The summed E-state index contributed by atoms with van der Waals surface area (Å²) in [6.45, 7) is 6.08. The molecule has 0 aliphatic carbocycles. The molecule has 5 heteroatoms. The number of hydrogen-bond donors (Lipinski definition) is 0. The summed E-state index contributed by atoms with van der Waals surface area (Å²) in [6, 6.07) is 16.3. The van der Waals surface area contributed by atoms with Crippen molar-refractivity contribution in [1.82, 2.24) is 0 Å². The third-order valence-electron chi connectivity index (χ3n) is 5.19. The maximum absolute atomic E-state index is 12.5. The number of para-hydroxylation sites is 1. The van der Waals surface area contributed by atoms with Crippen molar-refractivity contribution in [1.29, 1.82) is 0 Å². The molecule has 0 spiro atoms. The molecule has 1 aliphatic rings. The van der Waals surface area contributed by atoms with Crippen molar-refractivity contribution < 1.29 is 4.42 Å². The lowest BCUT2D eigenvalue weighted by molar-refractivity contribution is 0.559. The molecule has 144 valence electrons. The lowest BCUT2D eigenvalue weighted by Gasteiger charge is -2.21. The molecule has 28 heavy (non-hydrogen) atoms. The fraction of sp³-hybridized carbons (Fsp3) is 0.261. The minimum Gasteiger partial charge on any atom is -0.422 e. The third kappa shape index (κ3) is 3.42. The molecule has 0 amide bonds. The number of rotatable bonds is 5. The van der Waals surface area contributed by atoms with Crippen LogP contribution in [-0.2, 0) is 0 Å². The molecule has 4 rings (SSSR count). The molecule has 4 nitrogen and oxygen atoms in total. The Hall–Kier alpha value is -2.66. The average Bonchev–Trinajstić information content (AvgIpc) is 3.03. The molecule has 0 N–H and O–H groups in total. The van der Waals surface area contributed by atoms with Crippen molar-refractivity contribution in [2.75, 3.05) is 29.9 Å². The van der Waals surface area contributed by atoms with Gasteiger partial charge < -0.3 is 14.2 Å². The van der Waals surface area contributed by atoms with Crippen LogP contribution >= 0.6 is 11.8 Å². The van der Waals surface area contributed by atoms with Gasteiger partial charge in [0.15, 0.2) is 0 Å². The smallest absolute Gasteiger partial charge is 0.343 e. The van der Waals surface area contributed by atoms with Gasteiger partial charge in [-0.05, 0) is 50.3 Å². The van der Waals surface area contributed by atoms with Gasteiger partial charge in [0.25, 0.3) is 0 Å². The van der Waals surface area contributed by atoms with E-state index in [1.807, 2.05) is 30.3 Å². The van der Waals surface area contributed by atoms with Crippen molar-refractivity contribution in [2.24, 2.45) is 0 Å². The van der Waals surface area contributed by atoms with Crippen LogP contribution in [0.1, 0.15) is 19.4 Å². The van der Waals surface area contributed by atoms with E-state index in [0.29, 0.717) is 11.1 Å². The molecule has 1 unspecified atom stereocenters. The standard InChI is InChI=1S/C23H24N2O2S/c1-4-25(5-2)18-12-10-16-14-17(23(26)27-20(16)15-18)11-13-22-24(3)19-8-6-7-9-21(19)28-22/h6-15,22H,4-5H2,1-3H3. The van der Waals surface area contributed by atoms with Gasteiger partial charge in [-0.1, -0.05) is 30.0 Å². The largest absolute Gasteiger partial charge is 0.422 e. The van der Waals surface area contributed by atoms with Crippen molar-refractivity contribution in [3.8, 4) is 0 Å². The van der Waals surface area contributed by atoms with E-state index in [4.69, 9.17) is 4.42 Å². The van der Waals surface area contributed by atoms with Gasteiger partial charge in [0, 0.05) is 42.2 Å². The number of thioether (sulfide) groups is 1. The van der Waals surface area contributed by atoms with Gasteiger partial charge in [-0.15, -0.1) is 0 Å². The molecule has 0 saturated heterocycles. The maximum Gasteiger partial charge on any atom is 0.343 e.